The van der Waals surface area contributed by atoms with Gasteiger partial charge in [0.2, 0.25) is 0 Å². The Hall–Kier alpha value is -1.74. The fourth-order valence-electron chi connectivity index (χ4n) is 2.64. The van der Waals surface area contributed by atoms with Crippen LogP contribution in [0.3, 0.4) is 0 Å². The van der Waals surface area contributed by atoms with Gasteiger partial charge in [-0.05, 0) is 38.0 Å². The number of nitrogens with two attached hydrogens (primary N) is 1. The molecule has 1 aromatic rings. The van der Waals surface area contributed by atoms with E-state index in [0.29, 0.717) is 6.04 Å². The van der Waals surface area contributed by atoms with Crippen molar-refractivity contribution in [3.8, 4) is 0 Å². The van der Waals surface area contributed by atoms with Gasteiger partial charge < -0.3 is 16.4 Å². The van der Waals surface area contributed by atoms with Crippen LogP contribution in [0.1, 0.15) is 52.2 Å². The highest BCUT2D eigenvalue weighted by Crippen LogP contribution is 2.36. The minimum absolute atomic E-state index is 0.135. The third-order valence-corrected chi connectivity index (χ3v) is 4.73. The second kappa shape index (κ2) is 6.40. The zero-order valence-corrected chi connectivity index (χ0v) is 15.3. The third kappa shape index (κ3) is 3.61. The first kappa shape index (κ1) is 17.6. The van der Waals surface area contributed by atoms with E-state index >= 15 is 0 Å². The van der Waals surface area contributed by atoms with Gasteiger partial charge in [0, 0.05) is 17.2 Å². The van der Waals surface area contributed by atoms with E-state index in [-0.39, 0.29) is 5.41 Å². The lowest BCUT2D eigenvalue weighted by Gasteiger charge is -2.47. The molecule has 2 rings (SSSR count). The molecule has 1 aromatic carbocycles. The number of aryl methyl sites for hydroxylation is 1. The topological polar surface area (TPSA) is 50.1 Å². The van der Waals surface area contributed by atoms with Gasteiger partial charge in [-0.15, -0.1) is 0 Å². The van der Waals surface area contributed by atoms with Crippen molar-refractivity contribution in [1.29, 1.82) is 0 Å². The Bertz CT molecular complexity index is 605. The van der Waals surface area contributed by atoms with Crippen molar-refractivity contribution in [2.75, 3.05) is 0 Å². The van der Waals surface area contributed by atoms with Crippen molar-refractivity contribution in [1.82, 2.24) is 10.6 Å². The van der Waals surface area contributed by atoms with Gasteiger partial charge in [-0.25, -0.2) is 0 Å². The Labute approximate surface area is 141 Å². The molecule has 0 amide bonds. The van der Waals surface area contributed by atoms with Crippen LogP contribution in [0, 0.1) is 12.3 Å². The van der Waals surface area contributed by atoms with E-state index in [2.05, 4.69) is 88.6 Å². The van der Waals surface area contributed by atoms with Gasteiger partial charge in [-0.2, -0.15) is 0 Å². The predicted molar refractivity (Wildman–Crippen MR) is 99.6 cm³/mol. The van der Waals surface area contributed by atoms with Gasteiger partial charge in [0.1, 0.15) is 5.66 Å². The van der Waals surface area contributed by atoms with Crippen molar-refractivity contribution in [3.63, 3.8) is 0 Å². The number of rotatable bonds is 4. The molecule has 0 aliphatic carbocycles. The Morgan fingerprint density at radius 3 is 2.30 bits per heavy atom. The Morgan fingerprint density at radius 2 is 1.78 bits per heavy atom. The SMILES string of the molecule is CCC(C)NC1=CC=C(c2ccc(C)cc2)NC1(N)C(C)(C)C. The molecule has 0 radical (unpaired) electrons. The quantitative estimate of drug-likeness (QED) is 0.790. The van der Waals surface area contributed by atoms with Crippen molar-refractivity contribution < 1.29 is 0 Å². The standard InChI is InChI=1S/C20H31N3/c1-7-15(3)22-18-13-12-17(16-10-8-14(2)9-11-16)23-20(18,21)19(4,5)6/h8-13,15,22-23H,7,21H2,1-6H3. The largest absolute Gasteiger partial charge is 0.383 e. The molecule has 0 saturated heterocycles. The minimum atomic E-state index is -0.634. The molecule has 23 heavy (non-hydrogen) atoms. The number of allylic oxidation sites excluding steroid dienone is 2. The number of hydrogen-bond acceptors (Lipinski definition) is 3. The summed E-state index contributed by atoms with van der Waals surface area (Å²) in [4.78, 5) is 0. The van der Waals surface area contributed by atoms with Crippen molar-refractivity contribution >= 4 is 5.70 Å². The van der Waals surface area contributed by atoms with Gasteiger partial charge in [-0.1, -0.05) is 57.5 Å². The van der Waals surface area contributed by atoms with Gasteiger partial charge in [-0.3, -0.25) is 0 Å². The molecule has 0 spiro atoms. The van der Waals surface area contributed by atoms with E-state index in [1.54, 1.807) is 0 Å². The molecule has 0 fully saturated rings. The van der Waals surface area contributed by atoms with Gasteiger partial charge in [0.25, 0.3) is 0 Å². The fourth-order valence-corrected chi connectivity index (χ4v) is 2.64. The van der Waals surface area contributed by atoms with E-state index in [0.717, 1.165) is 23.4 Å². The zero-order chi connectivity index (χ0) is 17.3. The molecule has 2 atom stereocenters. The van der Waals surface area contributed by atoms with E-state index in [9.17, 15) is 0 Å². The molecule has 4 N–H and O–H groups in total. The van der Waals surface area contributed by atoms with E-state index in [4.69, 9.17) is 5.73 Å². The summed E-state index contributed by atoms with van der Waals surface area (Å²) in [6, 6.07) is 8.92. The lowest BCUT2D eigenvalue weighted by Crippen LogP contribution is -2.66. The van der Waals surface area contributed by atoms with Crippen molar-refractivity contribution in [2.24, 2.45) is 11.1 Å². The molecule has 3 heteroatoms. The number of hydrogen-bond donors (Lipinski definition) is 3. The van der Waals surface area contributed by atoms with Crippen LogP contribution in [0.25, 0.3) is 5.70 Å². The molecule has 0 bridgehead atoms. The smallest absolute Gasteiger partial charge is 0.132 e. The Kier molecular flexibility index (Phi) is 4.90. The third-order valence-electron chi connectivity index (χ3n) is 4.73. The van der Waals surface area contributed by atoms with Crippen LogP contribution in [-0.2, 0) is 0 Å². The second-order valence-electron chi connectivity index (χ2n) is 7.66. The summed E-state index contributed by atoms with van der Waals surface area (Å²) < 4.78 is 0. The molecular weight excluding hydrogens is 282 g/mol. The average Bonchev–Trinajstić information content (AvgIpc) is 2.49. The van der Waals surface area contributed by atoms with E-state index in [1.807, 2.05) is 0 Å². The second-order valence-corrected chi connectivity index (χ2v) is 7.66. The first-order valence-electron chi connectivity index (χ1n) is 8.50. The van der Waals surface area contributed by atoms with Crippen LogP contribution in [0.4, 0.5) is 0 Å². The maximum atomic E-state index is 6.86. The fraction of sp³-hybridized carbons (Fsp3) is 0.500. The summed E-state index contributed by atoms with van der Waals surface area (Å²) >= 11 is 0. The van der Waals surface area contributed by atoms with Crippen molar-refractivity contribution in [3.05, 3.63) is 53.2 Å². The zero-order valence-electron chi connectivity index (χ0n) is 15.3. The average molecular weight is 313 g/mol. The van der Waals surface area contributed by atoms with Gasteiger partial charge in [0.15, 0.2) is 0 Å². The summed E-state index contributed by atoms with van der Waals surface area (Å²) in [6.45, 7) is 13.0. The van der Waals surface area contributed by atoms with Crippen LogP contribution in [0.2, 0.25) is 0 Å². The minimum Gasteiger partial charge on any atom is -0.383 e. The highest BCUT2D eigenvalue weighted by atomic mass is 15.2. The summed E-state index contributed by atoms with van der Waals surface area (Å²) in [6.07, 6.45) is 5.31. The van der Waals surface area contributed by atoms with Gasteiger partial charge in [0.05, 0.1) is 5.70 Å². The molecule has 126 valence electrons. The summed E-state index contributed by atoms with van der Waals surface area (Å²) in [5.74, 6) is 0. The van der Waals surface area contributed by atoms with Gasteiger partial charge >= 0.3 is 0 Å². The maximum absolute atomic E-state index is 6.86. The lowest BCUT2D eigenvalue weighted by atomic mass is 9.76. The summed E-state index contributed by atoms with van der Waals surface area (Å²) in [5, 5.41) is 7.17. The molecule has 1 aliphatic heterocycles. The Morgan fingerprint density at radius 1 is 1.17 bits per heavy atom. The maximum Gasteiger partial charge on any atom is 0.132 e. The number of dihydropyridines is 1. The Balaban J connectivity index is 2.41. The first-order valence-corrected chi connectivity index (χ1v) is 8.50. The van der Waals surface area contributed by atoms with Crippen LogP contribution in [0.15, 0.2) is 42.1 Å². The van der Waals surface area contributed by atoms with E-state index < -0.39 is 5.66 Å². The number of benzene rings is 1. The molecule has 0 aromatic heterocycles. The summed E-state index contributed by atoms with van der Waals surface area (Å²) in [5.41, 5.74) is 10.6. The highest BCUT2D eigenvalue weighted by molar-refractivity contribution is 5.69. The predicted octanol–water partition coefficient (Wildman–Crippen LogP) is 3.91. The lowest BCUT2D eigenvalue weighted by molar-refractivity contribution is 0.190. The normalized spacial score (nSPS) is 22.7. The molecule has 3 nitrogen and oxygen atoms in total. The molecular formula is C20H31N3. The molecule has 1 heterocycles. The van der Waals surface area contributed by atoms with Crippen molar-refractivity contribution in [2.45, 2.75) is 59.7 Å². The number of nitrogens with one attached hydrogen (secondary N) is 2. The molecule has 1 aliphatic rings. The first-order chi connectivity index (χ1) is 10.7. The van der Waals surface area contributed by atoms with Crippen LogP contribution in [0.5, 0.6) is 0 Å². The van der Waals surface area contributed by atoms with Crippen LogP contribution in [-0.4, -0.2) is 11.7 Å². The molecule has 2 unspecified atom stereocenters. The monoisotopic (exact) mass is 313 g/mol. The van der Waals surface area contributed by atoms with Crippen LogP contribution < -0.4 is 16.4 Å². The summed E-state index contributed by atoms with van der Waals surface area (Å²) in [7, 11) is 0. The highest BCUT2D eigenvalue weighted by Gasteiger charge is 2.43. The van der Waals surface area contributed by atoms with E-state index in [1.165, 1.54) is 5.56 Å². The van der Waals surface area contributed by atoms with Crippen LogP contribution >= 0.6 is 0 Å². The molecule has 0 saturated carbocycles.